The molecule has 2 aromatic carbocycles. The zero-order valence-corrected chi connectivity index (χ0v) is 15.2. The van der Waals surface area contributed by atoms with Crippen LogP contribution in [0.3, 0.4) is 0 Å². The minimum Gasteiger partial charge on any atom is -0.508 e. The molecule has 3 nitrogen and oxygen atoms in total. The number of aromatic hydroxyl groups is 1. The van der Waals surface area contributed by atoms with Crippen molar-refractivity contribution in [3.8, 4) is 5.75 Å². The van der Waals surface area contributed by atoms with Crippen molar-refractivity contribution in [1.29, 1.82) is 0 Å². The van der Waals surface area contributed by atoms with E-state index in [-0.39, 0.29) is 5.41 Å². The first-order valence-electron chi connectivity index (χ1n) is 9.38. The molecule has 1 aliphatic carbocycles. The Morgan fingerprint density at radius 3 is 2.72 bits per heavy atom. The SMILES string of the molecule is C[C@H]1[C@@H]2Cc3ccc(O)cc3[C@]1(C)CCN2CCc1ccc(N)cc1. The fourth-order valence-corrected chi connectivity index (χ4v) is 4.93. The van der Waals surface area contributed by atoms with E-state index in [1.54, 1.807) is 0 Å². The Bertz CT molecular complexity index is 770. The highest BCUT2D eigenvalue weighted by Gasteiger charge is 2.48. The summed E-state index contributed by atoms with van der Waals surface area (Å²) in [5.74, 6) is 0.998. The Morgan fingerprint density at radius 1 is 1.20 bits per heavy atom. The molecule has 3 atom stereocenters. The number of phenols is 1. The minimum absolute atomic E-state index is 0.175. The molecule has 4 rings (SSSR count). The first-order valence-corrected chi connectivity index (χ1v) is 9.38. The van der Waals surface area contributed by atoms with Crippen molar-refractivity contribution in [3.63, 3.8) is 0 Å². The molecule has 0 radical (unpaired) electrons. The van der Waals surface area contributed by atoms with Gasteiger partial charge in [0, 0.05) is 18.3 Å². The highest BCUT2D eigenvalue weighted by molar-refractivity contribution is 5.44. The number of nitrogens with two attached hydrogens (primary N) is 1. The Morgan fingerprint density at radius 2 is 1.96 bits per heavy atom. The van der Waals surface area contributed by atoms with Gasteiger partial charge >= 0.3 is 0 Å². The van der Waals surface area contributed by atoms with Gasteiger partial charge in [-0.1, -0.05) is 32.0 Å². The van der Waals surface area contributed by atoms with E-state index in [4.69, 9.17) is 5.73 Å². The predicted octanol–water partition coefficient (Wildman–Crippen LogP) is 3.74. The Labute approximate surface area is 150 Å². The molecule has 1 heterocycles. The number of fused-ring (bicyclic) bond motifs is 4. The molecule has 3 heteroatoms. The number of anilines is 1. The average molecular weight is 336 g/mol. The van der Waals surface area contributed by atoms with Crippen LogP contribution in [0.1, 0.15) is 37.0 Å². The maximum absolute atomic E-state index is 9.95. The van der Waals surface area contributed by atoms with Crippen molar-refractivity contribution in [2.45, 2.75) is 44.6 Å². The van der Waals surface area contributed by atoms with Crippen LogP contribution in [0.5, 0.6) is 5.75 Å². The Kier molecular flexibility index (Phi) is 3.99. The molecular formula is C22H28N2O. The molecule has 0 amide bonds. The van der Waals surface area contributed by atoms with Gasteiger partial charge in [-0.2, -0.15) is 0 Å². The van der Waals surface area contributed by atoms with Crippen LogP contribution in [-0.2, 0) is 18.3 Å². The van der Waals surface area contributed by atoms with Gasteiger partial charge in [0.25, 0.3) is 0 Å². The second kappa shape index (κ2) is 6.06. The van der Waals surface area contributed by atoms with E-state index < -0.39 is 0 Å². The lowest BCUT2D eigenvalue weighted by Gasteiger charge is -2.54. The van der Waals surface area contributed by atoms with E-state index in [2.05, 4.69) is 36.9 Å². The minimum atomic E-state index is 0.175. The Balaban J connectivity index is 1.55. The largest absolute Gasteiger partial charge is 0.508 e. The first kappa shape index (κ1) is 16.5. The van der Waals surface area contributed by atoms with Crippen LogP contribution in [0.15, 0.2) is 42.5 Å². The summed E-state index contributed by atoms with van der Waals surface area (Å²) in [6.45, 7) is 7.02. The van der Waals surface area contributed by atoms with E-state index in [9.17, 15) is 5.11 Å². The summed E-state index contributed by atoms with van der Waals surface area (Å²) < 4.78 is 0. The van der Waals surface area contributed by atoms with E-state index in [0.29, 0.717) is 17.7 Å². The normalized spacial score (nSPS) is 28.6. The second-order valence-corrected chi connectivity index (χ2v) is 8.10. The van der Waals surface area contributed by atoms with Crippen LogP contribution < -0.4 is 5.73 Å². The summed E-state index contributed by atoms with van der Waals surface area (Å²) in [5, 5.41) is 9.95. The maximum atomic E-state index is 9.95. The van der Waals surface area contributed by atoms with E-state index >= 15 is 0 Å². The van der Waals surface area contributed by atoms with Crippen molar-refractivity contribution < 1.29 is 5.11 Å². The number of rotatable bonds is 3. The molecule has 1 saturated heterocycles. The monoisotopic (exact) mass is 336 g/mol. The standard InChI is InChI=1S/C22H28N2O/c1-15-21-13-17-5-8-19(25)14-20(17)22(15,2)10-12-24(21)11-9-16-3-6-18(23)7-4-16/h3-8,14-15,21,25H,9-13,23H2,1-2H3/t15-,21-,22+/m0/s1. The molecule has 132 valence electrons. The highest BCUT2D eigenvalue weighted by Crippen LogP contribution is 2.49. The van der Waals surface area contributed by atoms with Gasteiger partial charge in [0.2, 0.25) is 0 Å². The number of hydrogen-bond acceptors (Lipinski definition) is 3. The lowest BCUT2D eigenvalue weighted by molar-refractivity contribution is 0.0322. The fourth-order valence-electron chi connectivity index (χ4n) is 4.93. The van der Waals surface area contributed by atoms with Gasteiger partial charge in [0.15, 0.2) is 0 Å². The smallest absolute Gasteiger partial charge is 0.115 e. The molecule has 0 unspecified atom stereocenters. The van der Waals surface area contributed by atoms with Crippen LogP contribution in [0.2, 0.25) is 0 Å². The van der Waals surface area contributed by atoms with Gasteiger partial charge in [0.1, 0.15) is 5.75 Å². The maximum Gasteiger partial charge on any atom is 0.115 e. The number of nitrogen functional groups attached to an aromatic ring is 1. The molecule has 2 aromatic rings. The van der Waals surface area contributed by atoms with Crippen molar-refractivity contribution in [3.05, 3.63) is 59.2 Å². The van der Waals surface area contributed by atoms with Crippen LogP contribution in [0.4, 0.5) is 5.69 Å². The Hall–Kier alpha value is -2.00. The quantitative estimate of drug-likeness (QED) is 0.840. The zero-order chi connectivity index (χ0) is 17.6. The molecule has 25 heavy (non-hydrogen) atoms. The summed E-state index contributed by atoms with van der Waals surface area (Å²) in [6, 6.07) is 14.8. The highest BCUT2D eigenvalue weighted by atomic mass is 16.3. The van der Waals surface area contributed by atoms with Crippen molar-refractivity contribution in [1.82, 2.24) is 4.90 Å². The third-order valence-electron chi connectivity index (χ3n) is 6.77. The third-order valence-corrected chi connectivity index (χ3v) is 6.77. The molecule has 0 saturated carbocycles. The van der Waals surface area contributed by atoms with Gasteiger partial charge in [-0.25, -0.2) is 0 Å². The number of benzene rings is 2. The van der Waals surface area contributed by atoms with Gasteiger partial charge in [0.05, 0.1) is 0 Å². The van der Waals surface area contributed by atoms with Crippen LogP contribution in [-0.4, -0.2) is 29.1 Å². The molecule has 2 bridgehead atoms. The molecule has 1 aliphatic heterocycles. The molecule has 2 aliphatic rings. The van der Waals surface area contributed by atoms with Gasteiger partial charge in [-0.05, 0) is 78.1 Å². The predicted molar refractivity (Wildman–Crippen MR) is 103 cm³/mol. The van der Waals surface area contributed by atoms with E-state index in [1.165, 1.54) is 16.7 Å². The van der Waals surface area contributed by atoms with E-state index in [1.807, 2.05) is 24.3 Å². The molecule has 1 fully saturated rings. The first-order chi connectivity index (χ1) is 12.0. The molecule has 3 N–H and O–H groups in total. The number of piperidine rings is 1. The average Bonchev–Trinajstić information content (AvgIpc) is 2.60. The van der Waals surface area contributed by atoms with Gasteiger partial charge < -0.3 is 10.8 Å². The van der Waals surface area contributed by atoms with Crippen LogP contribution in [0.25, 0.3) is 0 Å². The topological polar surface area (TPSA) is 49.5 Å². The van der Waals surface area contributed by atoms with Crippen molar-refractivity contribution in [2.75, 3.05) is 18.8 Å². The van der Waals surface area contributed by atoms with Crippen LogP contribution in [0, 0.1) is 5.92 Å². The second-order valence-electron chi connectivity index (χ2n) is 8.10. The molecular weight excluding hydrogens is 308 g/mol. The van der Waals surface area contributed by atoms with Crippen molar-refractivity contribution >= 4 is 5.69 Å². The summed E-state index contributed by atoms with van der Waals surface area (Å²) >= 11 is 0. The summed E-state index contributed by atoms with van der Waals surface area (Å²) in [5.41, 5.74) is 10.9. The molecule has 0 aromatic heterocycles. The van der Waals surface area contributed by atoms with Gasteiger partial charge in [-0.3, -0.25) is 4.90 Å². The number of likely N-dealkylation sites (tertiary alicyclic amines) is 1. The number of nitrogens with zero attached hydrogens (tertiary/aromatic N) is 1. The number of phenolic OH excluding ortho intramolecular Hbond substituents is 1. The van der Waals surface area contributed by atoms with Crippen molar-refractivity contribution in [2.24, 2.45) is 5.92 Å². The summed E-state index contributed by atoms with van der Waals surface area (Å²) in [7, 11) is 0. The summed E-state index contributed by atoms with van der Waals surface area (Å²) in [6.07, 6.45) is 3.32. The van der Waals surface area contributed by atoms with E-state index in [0.717, 1.165) is 38.0 Å². The lowest BCUT2D eigenvalue weighted by atomic mass is 9.59. The molecule has 0 spiro atoms. The third kappa shape index (κ3) is 2.81. The van der Waals surface area contributed by atoms with Crippen LogP contribution >= 0.6 is 0 Å². The zero-order valence-electron chi connectivity index (χ0n) is 15.2. The number of hydrogen-bond donors (Lipinski definition) is 2. The summed E-state index contributed by atoms with van der Waals surface area (Å²) in [4.78, 5) is 2.68. The van der Waals surface area contributed by atoms with Gasteiger partial charge in [-0.15, -0.1) is 0 Å². The fraction of sp³-hybridized carbons (Fsp3) is 0.455. The lowest BCUT2D eigenvalue weighted by Crippen LogP contribution is -2.58.